The molecule has 0 saturated heterocycles. The molecule has 0 spiro atoms. The number of amides is 1. The summed E-state index contributed by atoms with van der Waals surface area (Å²) >= 11 is 0. The number of nitrogens with one attached hydrogen (secondary N) is 1. The van der Waals surface area contributed by atoms with E-state index in [1.165, 1.54) is 27.5 Å². The molecular weight excluding hydrogens is 410 g/mol. The molecule has 0 bridgehead atoms. The lowest BCUT2D eigenvalue weighted by Gasteiger charge is -2.23. The molecule has 0 fully saturated rings. The zero-order chi connectivity index (χ0) is 22.7. The Hall–Kier alpha value is -3.94. The van der Waals surface area contributed by atoms with Gasteiger partial charge >= 0.3 is 0 Å². The summed E-state index contributed by atoms with van der Waals surface area (Å²) < 4.78 is 15.9. The van der Waals surface area contributed by atoms with Crippen molar-refractivity contribution in [2.24, 2.45) is 0 Å². The van der Waals surface area contributed by atoms with Gasteiger partial charge in [0.2, 0.25) is 11.7 Å². The van der Waals surface area contributed by atoms with E-state index in [9.17, 15) is 9.59 Å². The minimum atomic E-state index is -0.439. The molecule has 1 aliphatic carbocycles. The van der Waals surface area contributed by atoms with Crippen LogP contribution in [-0.4, -0.2) is 43.0 Å². The molecule has 2 aromatic carbocycles. The summed E-state index contributed by atoms with van der Waals surface area (Å²) in [6.45, 7) is 0. The number of hydrogen-bond acceptors (Lipinski definition) is 7. The number of hydrogen-bond donors (Lipinski definition) is 1. The maximum atomic E-state index is 12.9. The zero-order valence-corrected chi connectivity index (χ0v) is 18.0. The fourth-order valence-corrected chi connectivity index (χ4v) is 3.85. The van der Waals surface area contributed by atoms with Crippen LogP contribution in [0.5, 0.6) is 17.2 Å². The number of benzene rings is 2. The van der Waals surface area contributed by atoms with Crippen LogP contribution >= 0.6 is 0 Å². The monoisotopic (exact) mass is 433 g/mol. The van der Waals surface area contributed by atoms with Crippen molar-refractivity contribution in [2.45, 2.75) is 18.8 Å². The second-order valence-corrected chi connectivity index (χ2v) is 7.36. The highest BCUT2D eigenvalue weighted by atomic mass is 16.5. The molecule has 1 aliphatic rings. The van der Waals surface area contributed by atoms with Crippen molar-refractivity contribution in [3.8, 4) is 17.2 Å². The second-order valence-electron chi connectivity index (χ2n) is 7.36. The van der Waals surface area contributed by atoms with Crippen LogP contribution in [0.3, 0.4) is 0 Å². The van der Waals surface area contributed by atoms with E-state index in [1.54, 1.807) is 12.1 Å². The number of aromatic nitrogens is 2. The van der Waals surface area contributed by atoms with Gasteiger partial charge in [0.1, 0.15) is 0 Å². The molecule has 164 valence electrons. The predicted molar refractivity (Wildman–Crippen MR) is 118 cm³/mol. The number of ketones is 1. The zero-order valence-electron chi connectivity index (χ0n) is 18.0. The smallest absolute Gasteiger partial charge is 0.258 e. The highest BCUT2D eigenvalue weighted by Gasteiger charge is 2.28. The Labute approximate surface area is 185 Å². The summed E-state index contributed by atoms with van der Waals surface area (Å²) in [5, 5.41) is 2.69. The van der Waals surface area contributed by atoms with E-state index in [0.29, 0.717) is 46.9 Å². The van der Waals surface area contributed by atoms with Crippen LogP contribution in [0.4, 0.5) is 5.95 Å². The standard InChI is InChI=1S/C24H23N3O5/c1-30-20-11-16(12-21(31-2)22(20)32-3)23(29)27-24-25-13-17-18(26-24)9-15(10-19(17)28)14-7-5-4-6-8-14/h4-8,11-13,15H,9-10H2,1-3H3,(H,25,26,27,29)/t15-/m1/s1. The largest absolute Gasteiger partial charge is 0.493 e. The van der Waals surface area contributed by atoms with Crippen LogP contribution in [0.1, 0.15) is 44.3 Å². The number of methoxy groups -OCH3 is 3. The number of nitrogens with zero attached hydrogens (tertiary/aromatic N) is 2. The van der Waals surface area contributed by atoms with Crippen molar-refractivity contribution in [2.75, 3.05) is 26.6 Å². The number of ether oxygens (including phenoxy) is 3. The van der Waals surface area contributed by atoms with E-state index in [1.807, 2.05) is 30.3 Å². The predicted octanol–water partition coefficient (Wildman–Crippen LogP) is 3.67. The third-order valence-electron chi connectivity index (χ3n) is 5.46. The first-order valence-corrected chi connectivity index (χ1v) is 10.1. The van der Waals surface area contributed by atoms with Crippen molar-refractivity contribution in [3.63, 3.8) is 0 Å². The lowest BCUT2D eigenvalue weighted by molar-refractivity contribution is 0.0962. The maximum absolute atomic E-state index is 12.9. The van der Waals surface area contributed by atoms with Gasteiger partial charge in [-0.25, -0.2) is 9.97 Å². The Bertz CT molecular complexity index is 1140. The molecule has 32 heavy (non-hydrogen) atoms. The summed E-state index contributed by atoms with van der Waals surface area (Å²) in [5.74, 6) is 0.851. The normalized spacial score (nSPS) is 15.0. The minimum Gasteiger partial charge on any atom is -0.493 e. The van der Waals surface area contributed by atoms with E-state index in [2.05, 4.69) is 15.3 Å². The fraction of sp³-hybridized carbons (Fsp3) is 0.250. The van der Waals surface area contributed by atoms with Gasteiger partial charge < -0.3 is 14.2 Å². The molecule has 1 atom stereocenters. The van der Waals surface area contributed by atoms with Crippen molar-refractivity contribution in [1.29, 1.82) is 0 Å². The van der Waals surface area contributed by atoms with Crippen LogP contribution in [0.25, 0.3) is 0 Å². The average molecular weight is 433 g/mol. The van der Waals surface area contributed by atoms with Crippen LogP contribution in [0.15, 0.2) is 48.7 Å². The topological polar surface area (TPSA) is 99.6 Å². The highest BCUT2D eigenvalue weighted by Crippen LogP contribution is 2.38. The van der Waals surface area contributed by atoms with Gasteiger partial charge in [-0.05, 0) is 30.0 Å². The first-order chi connectivity index (χ1) is 15.5. The molecular formula is C24H23N3O5. The number of rotatable bonds is 6. The van der Waals surface area contributed by atoms with Crippen molar-refractivity contribution in [3.05, 3.63) is 71.0 Å². The van der Waals surface area contributed by atoms with Gasteiger partial charge in [0.25, 0.3) is 5.91 Å². The third-order valence-corrected chi connectivity index (χ3v) is 5.46. The van der Waals surface area contributed by atoms with Crippen molar-refractivity contribution in [1.82, 2.24) is 9.97 Å². The van der Waals surface area contributed by atoms with Crippen molar-refractivity contribution < 1.29 is 23.8 Å². The highest BCUT2D eigenvalue weighted by molar-refractivity contribution is 6.04. The SMILES string of the molecule is COc1cc(C(=O)Nc2ncc3c(n2)C[C@@H](c2ccccc2)CC3=O)cc(OC)c1OC. The van der Waals surface area contributed by atoms with Gasteiger partial charge in [0.05, 0.1) is 32.6 Å². The quantitative estimate of drug-likeness (QED) is 0.633. The summed E-state index contributed by atoms with van der Waals surface area (Å²) in [5.41, 5.74) is 2.51. The Balaban J connectivity index is 1.59. The number of carbonyl (C=O) groups excluding carboxylic acids is 2. The van der Waals surface area contributed by atoms with Crippen LogP contribution in [-0.2, 0) is 6.42 Å². The second kappa shape index (κ2) is 9.05. The number of anilines is 1. The van der Waals surface area contributed by atoms with Crippen LogP contribution in [0, 0.1) is 0 Å². The minimum absolute atomic E-state index is 0.00241. The molecule has 1 N–H and O–H groups in total. The molecule has 1 heterocycles. The molecule has 0 saturated carbocycles. The molecule has 0 unspecified atom stereocenters. The average Bonchev–Trinajstić information content (AvgIpc) is 2.83. The molecule has 8 nitrogen and oxygen atoms in total. The van der Waals surface area contributed by atoms with Gasteiger partial charge in [-0.2, -0.15) is 0 Å². The molecule has 0 aliphatic heterocycles. The van der Waals surface area contributed by atoms with Crippen molar-refractivity contribution >= 4 is 17.6 Å². The Morgan fingerprint density at radius 3 is 2.31 bits per heavy atom. The van der Waals surface area contributed by atoms with E-state index in [-0.39, 0.29) is 17.6 Å². The molecule has 1 aromatic heterocycles. The van der Waals surface area contributed by atoms with Gasteiger partial charge in [0.15, 0.2) is 17.3 Å². The van der Waals surface area contributed by atoms with E-state index < -0.39 is 5.91 Å². The molecule has 0 radical (unpaired) electrons. The van der Waals surface area contributed by atoms with Gasteiger partial charge in [0, 0.05) is 18.2 Å². The maximum Gasteiger partial charge on any atom is 0.258 e. The molecule has 4 rings (SSSR count). The molecule has 1 amide bonds. The Morgan fingerprint density at radius 2 is 1.69 bits per heavy atom. The summed E-state index contributed by atoms with van der Waals surface area (Å²) in [6.07, 6.45) is 2.49. The number of carbonyl (C=O) groups is 2. The lowest BCUT2D eigenvalue weighted by Crippen LogP contribution is -2.22. The Morgan fingerprint density at radius 1 is 1.00 bits per heavy atom. The van der Waals surface area contributed by atoms with Gasteiger partial charge in [-0.3, -0.25) is 14.9 Å². The van der Waals surface area contributed by atoms with Crippen LogP contribution < -0.4 is 19.5 Å². The van der Waals surface area contributed by atoms with Gasteiger partial charge in [-0.15, -0.1) is 0 Å². The molecule has 8 heteroatoms. The number of Topliss-reactive ketones (excluding diaryl/α,β-unsaturated/α-hetero) is 1. The fourth-order valence-electron chi connectivity index (χ4n) is 3.85. The summed E-state index contributed by atoms with van der Waals surface area (Å²) in [4.78, 5) is 34.1. The van der Waals surface area contributed by atoms with Crippen LogP contribution in [0.2, 0.25) is 0 Å². The number of fused-ring (bicyclic) bond motifs is 1. The first kappa shape index (κ1) is 21.3. The lowest BCUT2D eigenvalue weighted by atomic mass is 9.82. The summed E-state index contributed by atoms with van der Waals surface area (Å²) in [6, 6.07) is 13.0. The molecule has 3 aromatic rings. The van der Waals surface area contributed by atoms with E-state index in [4.69, 9.17) is 14.2 Å². The third kappa shape index (κ3) is 4.12. The Kier molecular flexibility index (Phi) is 6.02. The van der Waals surface area contributed by atoms with Gasteiger partial charge in [-0.1, -0.05) is 30.3 Å². The van der Waals surface area contributed by atoms with E-state index in [0.717, 1.165) is 5.56 Å². The first-order valence-electron chi connectivity index (χ1n) is 10.1. The summed E-state index contributed by atoms with van der Waals surface area (Å²) in [7, 11) is 4.45. The van der Waals surface area contributed by atoms with E-state index >= 15 is 0 Å².